The topological polar surface area (TPSA) is 109 Å². The van der Waals surface area contributed by atoms with Crippen LogP contribution in [0.5, 0.6) is 23.0 Å². The van der Waals surface area contributed by atoms with Crippen LogP contribution >= 0.6 is 0 Å². The fourth-order valence-corrected chi connectivity index (χ4v) is 3.61. The van der Waals surface area contributed by atoms with Gasteiger partial charge in [-0.2, -0.15) is 0 Å². The van der Waals surface area contributed by atoms with Gasteiger partial charge < -0.3 is 29.2 Å². The average Bonchev–Trinajstić information content (AvgIpc) is 2.85. The largest absolute Gasteiger partial charge is 0.507 e. The lowest BCUT2D eigenvalue weighted by Gasteiger charge is -2.24. The van der Waals surface area contributed by atoms with Crippen molar-refractivity contribution >= 4 is 21.9 Å². The van der Waals surface area contributed by atoms with Gasteiger partial charge in [0.25, 0.3) is 0 Å². The number of aliphatic hydroxyl groups excluding tert-OH is 1. The lowest BCUT2D eigenvalue weighted by atomic mass is 9.80. The zero-order valence-electron chi connectivity index (χ0n) is 14.5. The lowest BCUT2D eigenvalue weighted by molar-refractivity contribution is 0.0888. The van der Waals surface area contributed by atoms with Crippen LogP contribution in [0.1, 0.15) is 19.4 Å². The van der Waals surface area contributed by atoms with Gasteiger partial charge in [-0.25, -0.2) is 0 Å². The number of hydrogen-bond acceptors (Lipinski definition) is 7. The highest BCUT2D eigenvalue weighted by Gasteiger charge is 2.44. The summed E-state index contributed by atoms with van der Waals surface area (Å²) in [5, 5.41) is 30.5. The quantitative estimate of drug-likeness (QED) is 0.604. The van der Waals surface area contributed by atoms with Crippen LogP contribution in [0.15, 0.2) is 27.4 Å². The van der Waals surface area contributed by atoms with Crippen molar-refractivity contribution in [3.05, 3.63) is 34.0 Å². The fourth-order valence-electron chi connectivity index (χ4n) is 3.61. The van der Waals surface area contributed by atoms with E-state index in [9.17, 15) is 20.1 Å². The first kappa shape index (κ1) is 16.5. The molecular weight excluding hydrogens is 340 g/mol. The molecular formula is C19H18O7. The van der Waals surface area contributed by atoms with Crippen LogP contribution in [0, 0.1) is 0 Å². The molecule has 1 atom stereocenters. The van der Waals surface area contributed by atoms with Gasteiger partial charge in [0.2, 0.25) is 11.2 Å². The molecule has 0 amide bonds. The molecule has 0 bridgehead atoms. The molecule has 26 heavy (non-hydrogen) atoms. The highest BCUT2D eigenvalue weighted by molar-refractivity contribution is 5.98. The predicted octanol–water partition coefficient (Wildman–Crippen LogP) is 2.40. The Bertz CT molecular complexity index is 1110. The minimum absolute atomic E-state index is 0.0103. The Kier molecular flexibility index (Phi) is 3.36. The van der Waals surface area contributed by atoms with E-state index >= 15 is 0 Å². The minimum Gasteiger partial charge on any atom is -0.507 e. The van der Waals surface area contributed by atoms with Crippen LogP contribution in [-0.4, -0.2) is 35.1 Å². The summed E-state index contributed by atoms with van der Waals surface area (Å²) < 4.78 is 16.7. The zero-order valence-corrected chi connectivity index (χ0v) is 14.5. The molecule has 136 valence electrons. The van der Waals surface area contributed by atoms with Crippen molar-refractivity contribution < 1.29 is 29.2 Å². The second-order valence-electron chi connectivity index (χ2n) is 6.91. The third-order valence-corrected chi connectivity index (χ3v) is 5.10. The van der Waals surface area contributed by atoms with E-state index < -0.39 is 16.9 Å². The van der Waals surface area contributed by atoms with Crippen molar-refractivity contribution in [3.8, 4) is 23.0 Å². The van der Waals surface area contributed by atoms with Gasteiger partial charge in [-0.1, -0.05) is 13.8 Å². The molecule has 2 aromatic carbocycles. The minimum atomic E-state index is -0.672. The summed E-state index contributed by atoms with van der Waals surface area (Å²) in [4.78, 5) is 13.0. The lowest BCUT2D eigenvalue weighted by Crippen LogP contribution is -2.35. The summed E-state index contributed by atoms with van der Waals surface area (Å²) in [6, 6.07) is 4.30. The van der Waals surface area contributed by atoms with Gasteiger partial charge in [0.1, 0.15) is 28.6 Å². The number of aromatic hydroxyl groups is 2. The number of benzene rings is 2. The third kappa shape index (κ3) is 1.94. The van der Waals surface area contributed by atoms with Gasteiger partial charge in [0.05, 0.1) is 19.1 Å². The number of rotatable bonds is 2. The van der Waals surface area contributed by atoms with Gasteiger partial charge >= 0.3 is 0 Å². The van der Waals surface area contributed by atoms with E-state index in [1.165, 1.54) is 25.3 Å². The van der Waals surface area contributed by atoms with Crippen molar-refractivity contribution in [2.24, 2.45) is 0 Å². The molecule has 4 rings (SSSR count). The molecule has 0 spiro atoms. The first-order chi connectivity index (χ1) is 12.3. The smallest absolute Gasteiger partial charge is 0.204 e. The van der Waals surface area contributed by atoms with Gasteiger partial charge in [0, 0.05) is 17.0 Å². The maximum atomic E-state index is 13.0. The molecule has 0 unspecified atom stereocenters. The molecule has 1 aliphatic heterocycles. The number of phenolic OH excluding ortho intramolecular Hbond substituents is 2. The Morgan fingerprint density at radius 2 is 1.96 bits per heavy atom. The molecule has 7 nitrogen and oxygen atoms in total. The van der Waals surface area contributed by atoms with Gasteiger partial charge in [-0.05, 0) is 12.1 Å². The number of ether oxygens (including phenoxy) is 2. The summed E-state index contributed by atoms with van der Waals surface area (Å²) in [6.45, 7) is 3.47. The van der Waals surface area contributed by atoms with Crippen LogP contribution in [0.4, 0.5) is 0 Å². The SMILES string of the molecule is COc1ccc2c(=O)c3c(O)cc4c(c3oc2c1O)C(C)(C)[C@H](CO)O4. The Hall–Kier alpha value is -2.93. The molecule has 0 fully saturated rings. The molecule has 1 aromatic heterocycles. The van der Waals surface area contributed by atoms with E-state index in [-0.39, 0.29) is 45.8 Å². The Labute approximate surface area is 148 Å². The maximum absolute atomic E-state index is 13.0. The van der Waals surface area contributed by atoms with Crippen LogP contribution in [0.2, 0.25) is 0 Å². The maximum Gasteiger partial charge on any atom is 0.204 e. The second kappa shape index (κ2) is 5.28. The average molecular weight is 358 g/mol. The normalized spacial score (nSPS) is 18.1. The zero-order chi connectivity index (χ0) is 18.8. The van der Waals surface area contributed by atoms with E-state index in [1.807, 2.05) is 13.8 Å². The highest BCUT2D eigenvalue weighted by Crippen LogP contribution is 2.49. The molecule has 0 aliphatic carbocycles. The number of fused-ring (bicyclic) bond motifs is 4. The van der Waals surface area contributed by atoms with E-state index in [0.29, 0.717) is 11.3 Å². The number of methoxy groups -OCH3 is 1. The molecule has 0 saturated carbocycles. The highest BCUT2D eigenvalue weighted by atomic mass is 16.5. The monoisotopic (exact) mass is 358 g/mol. The van der Waals surface area contributed by atoms with E-state index in [0.717, 1.165) is 0 Å². The number of hydrogen-bond donors (Lipinski definition) is 3. The van der Waals surface area contributed by atoms with Gasteiger partial charge in [-0.3, -0.25) is 4.79 Å². The van der Waals surface area contributed by atoms with Crippen molar-refractivity contribution in [3.63, 3.8) is 0 Å². The molecule has 2 heterocycles. The van der Waals surface area contributed by atoms with E-state index in [4.69, 9.17) is 13.9 Å². The van der Waals surface area contributed by atoms with Gasteiger partial charge in [-0.15, -0.1) is 0 Å². The molecule has 3 N–H and O–H groups in total. The summed E-state index contributed by atoms with van der Waals surface area (Å²) >= 11 is 0. The Morgan fingerprint density at radius 1 is 1.23 bits per heavy atom. The fraction of sp³-hybridized carbons (Fsp3) is 0.316. The standard InChI is InChI=1S/C19H18O7/c1-19(2)12(7-20)25-11-6-9(21)13-15(22)8-4-5-10(24-3)16(23)17(8)26-18(13)14(11)19/h4-6,12,20-21,23H,7H2,1-3H3/t12-/m0/s1. The Morgan fingerprint density at radius 3 is 2.62 bits per heavy atom. The summed E-state index contributed by atoms with van der Waals surface area (Å²) in [5.74, 6) is -0.0694. The first-order valence-electron chi connectivity index (χ1n) is 8.11. The second-order valence-corrected chi connectivity index (χ2v) is 6.91. The summed E-state index contributed by atoms with van der Waals surface area (Å²) in [6.07, 6.45) is -0.553. The van der Waals surface area contributed by atoms with Crippen molar-refractivity contribution in [1.29, 1.82) is 0 Å². The molecule has 1 aliphatic rings. The summed E-state index contributed by atoms with van der Waals surface area (Å²) in [7, 11) is 1.40. The molecule has 7 heteroatoms. The third-order valence-electron chi connectivity index (χ3n) is 5.10. The van der Waals surface area contributed by atoms with Crippen LogP contribution in [-0.2, 0) is 5.41 Å². The molecule has 0 radical (unpaired) electrons. The van der Waals surface area contributed by atoms with E-state index in [2.05, 4.69) is 0 Å². The Balaban J connectivity index is 2.21. The number of aliphatic hydroxyl groups is 1. The van der Waals surface area contributed by atoms with Gasteiger partial charge in [0.15, 0.2) is 11.3 Å². The van der Waals surface area contributed by atoms with Crippen molar-refractivity contribution in [2.75, 3.05) is 13.7 Å². The summed E-state index contributed by atoms with van der Waals surface area (Å²) in [5.41, 5.74) is -0.484. The molecule has 0 saturated heterocycles. The molecule has 3 aromatic rings. The number of phenols is 2. The first-order valence-corrected chi connectivity index (χ1v) is 8.11. The van der Waals surface area contributed by atoms with Crippen LogP contribution in [0.3, 0.4) is 0 Å². The van der Waals surface area contributed by atoms with Crippen LogP contribution in [0.25, 0.3) is 21.9 Å². The van der Waals surface area contributed by atoms with Crippen LogP contribution < -0.4 is 14.9 Å². The van der Waals surface area contributed by atoms with Crippen molar-refractivity contribution in [1.82, 2.24) is 0 Å². The predicted molar refractivity (Wildman–Crippen MR) is 94.4 cm³/mol. The van der Waals surface area contributed by atoms with E-state index in [1.54, 1.807) is 0 Å². The van der Waals surface area contributed by atoms with Crippen molar-refractivity contribution in [2.45, 2.75) is 25.4 Å².